The van der Waals surface area contributed by atoms with Gasteiger partial charge in [-0.1, -0.05) is 0 Å². The number of nitrogens with zero attached hydrogens (tertiary/aromatic N) is 1. The van der Waals surface area contributed by atoms with Crippen molar-refractivity contribution in [2.75, 3.05) is 11.9 Å². The molecule has 4 nitrogen and oxygen atoms in total. The van der Waals surface area contributed by atoms with Crippen LogP contribution >= 0.6 is 27.3 Å². The molecule has 0 saturated heterocycles. The van der Waals surface area contributed by atoms with Crippen molar-refractivity contribution in [3.63, 3.8) is 0 Å². The smallest absolute Gasteiger partial charge is 0.338 e. The van der Waals surface area contributed by atoms with Gasteiger partial charge in [0, 0.05) is 21.7 Å². The van der Waals surface area contributed by atoms with Gasteiger partial charge in [-0.3, -0.25) is 0 Å². The lowest BCUT2D eigenvalue weighted by atomic mass is 10.2. The van der Waals surface area contributed by atoms with Gasteiger partial charge in [-0.25, -0.2) is 9.78 Å². The summed E-state index contributed by atoms with van der Waals surface area (Å²) in [7, 11) is 0. The molecule has 0 aliphatic rings. The Morgan fingerprint density at radius 1 is 1.55 bits per heavy atom. The molecule has 1 unspecified atom stereocenters. The molecule has 2 aromatic rings. The van der Waals surface area contributed by atoms with Crippen LogP contribution in [0, 0.1) is 0 Å². The van der Waals surface area contributed by atoms with Gasteiger partial charge in [0.2, 0.25) is 0 Å². The molecule has 0 saturated carbocycles. The second kappa shape index (κ2) is 6.85. The number of halogens is 1. The van der Waals surface area contributed by atoms with E-state index in [-0.39, 0.29) is 12.0 Å². The van der Waals surface area contributed by atoms with Crippen molar-refractivity contribution in [2.45, 2.75) is 19.9 Å². The van der Waals surface area contributed by atoms with E-state index in [1.165, 1.54) is 0 Å². The Labute approximate surface area is 130 Å². The van der Waals surface area contributed by atoms with Gasteiger partial charge in [0.05, 0.1) is 18.2 Å². The maximum absolute atomic E-state index is 11.6. The average Bonchev–Trinajstić information content (AvgIpc) is 2.95. The van der Waals surface area contributed by atoms with Gasteiger partial charge in [0.15, 0.2) is 0 Å². The summed E-state index contributed by atoms with van der Waals surface area (Å²) in [6.07, 6.45) is 1.79. The summed E-state index contributed by atoms with van der Waals surface area (Å²) >= 11 is 5.08. The van der Waals surface area contributed by atoms with Crippen LogP contribution in [0.4, 0.5) is 5.69 Å². The van der Waals surface area contributed by atoms with Crippen LogP contribution < -0.4 is 5.32 Å². The molecule has 2 rings (SSSR count). The third-order valence-electron chi connectivity index (χ3n) is 2.67. The SMILES string of the molecule is CCOC(=O)c1ccc(NC(C)c2nccs2)c(Br)c1. The van der Waals surface area contributed by atoms with E-state index in [0.717, 1.165) is 15.2 Å². The van der Waals surface area contributed by atoms with Crippen LogP contribution in [0.5, 0.6) is 0 Å². The number of esters is 1. The molecule has 1 aromatic carbocycles. The summed E-state index contributed by atoms with van der Waals surface area (Å²) in [5.41, 5.74) is 1.45. The second-order valence-electron chi connectivity index (χ2n) is 4.15. The van der Waals surface area contributed by atoms with Crippen LogP contribution in [0.1, 0.15) is 35.3 Å². The number of rotatable bonds is 5. The molecule has 1 N–H and O–H groups in total. The zero-order valence-corrected chi connectivity index (χ0v) is 13.6. The minimum absolute atomic E-state index is 0.111. The summed E-state index contributed by atoms with van der Waals surface area (Å²) in [6.45, 7) is 4.21. The Kier molecular flexibility index (Phi) is 5.14. The van der Waals surface area contributed by atoms with Crippen LogP contribution in [0.15, 0.2) is 34.2 Å². The molecule has 1 aromatic heterocycles. The van der Waals surface area contributed by atoms with E-state index in [1.807, 2.05) is 18.4 Å². The first-order valence-electron chi connectivity index (χ1n) is 6.24. The summed E-state index contributed by atoms with van der Waals surface area (Å²) in [6, 6.07) is 5.48. The predicted molar refractivity (Wildman–Crippen MR) is 84.3 cm³/mol. The number of anilines is 1. The van der Waals surface area contributed by atoms with Crippen LogP contribution in [0.25, 0.3) is 0 Å². The van der Waals surface area contributed by atoms with E-state index < -0.39 is 0 Å². The minimum atomic E-state index is -0.312. The van der Waals surface area contributed by atoms with Gasteiger partial charge in [-0.05, 0) is 48.0 Å². The Bertz CT molecular complexity index is 587. The molecule has 1 atom stereocenters. The van der Waals surface area contributed by atoms with E-state index in [2.05, 4.69) is 26.2 Å². The topological polar surface area (TPSA) is 51.2 Å². The van der Waals surface area contributed by atoms with Crippen molar-refractivity contribution in [2.24, 2.45) is 0 Å². The standard InChI is InChI=1S/C14H15BrN2O2S/c1-3-19-14(18)10-4-5-12(11(15)8-10)17-9(2)13-16-6-7-20-13/h4-9,17H,3H2,1-2H3. The average molecular weight is 355 g/mol. The summed E-state index contributed by atoms with van der Waals surface area (Å²) in [5.74, 6) is -0.312. The number of hydrogen-bond acceptors (Lipinski definition) is 5. The van der Waals surface area contributed by atoms with E-state index in [9.17, 15) is 4.79 Å². The quantitative estimate of drug-likeness (QED) is 0.815. The molecule has 20 heavy (non-hydrogen) atoms. The molecule has 0 amide bonds. The molecule has 0 aliphatic heterocycles. The lowest BCUT2D eigenvalue weighted by Gasteiger charge is -2.14. The fraction of sp³-hybridized carbons (Fsp3) is 0.286. The van der Waals surface area contributed by atoms with Crippen LogP contribution in [-0.4, -0.2) is 17.6 Å². The number of benzene rings is 1. The highest BCUT2D eigenvalue weighted by Gasteiger charge is 2.12. The molecule has 0 spiro atoms. The number of carbonyl (C=O) groups is 1. The third kappa shape index (κ3) is 3.58. The Balaban J connectivity index is 2.12. The molecule has 0 radical (unpaired) electrons. The van der Waals surface area contributed by atoms with Gasteiger partial charge in [-0.2, -0.15) is 0 Å². The predicted octanol–water partition coefficient (Wildman–Crippen LogP) is 4.26. The van der Waals surface area contributed by atoms with E-state index in [1.54, 1.807) is 36.6 Å². The molecule has 0 aliphatic carbocycles. The molecular formula is C14H15BrN2O2S. The first-order valence-corrected chi connectivity index (χ1v) is 7.91. The monoisotopic (exact) mass is 354 g/mol. The van der Waals surface area contributed by atoms with Gasteiger partial charge in [0.1, 0.15) is 5.01 Å². The third-order valence-corrected chi connectivity index (χ3v) is 4.29. The number of aromatic nitrogens is 1. The number of hydrogen-bond donors (Lipinski definition) is 1. The highest BCUT2D eigenvalue weighted by molar-refractivity contribution is 9.10. The molecule has 1 heterocycles. The Morgan fingerprint density at radius 3 is 2.95 bits per heavy atom. The van der Waals surface area contributed by atoms with Crippen LogP contribution in [0.2, 0.25) is 0 Å². The highest BCUT2D eigenvalue weighted by Crippen LogP contribution is 2.28. The molecular weight excluding hydrogens is 340 g/mol. The molecule has 0 bridgehead atoms. The summed E-state index contributed by atoms with van der Waals surface area (Å²) < 4.78 is 5.80. The first-order chi connectivity index (χ1) is 9.61. The number of carbonyl (C=O) groups excluding carboxylic acids is 1. The fourth-order valence-electron chi connectivity index (χ4n) is 1.72. The fourth-order valence-corrected chi connectivity index (χ4v) is 2.86. The van der Waals surface area contributed by atoms with Gasteiger partial charge >= 0.3 is 5.97 Å². The van der Waals surface area contributed by atoms with Crippen LogP contribution in [0.3, 0.4) is 0 Å². The van der Waals surface area contributed by atoms with E-state index in [0.29, 0.717) is 12.2 Å². The lowest BCUT2D eigenvalue weighted by Crippen LogP contribution is -2.08. The zero-order valence-electron chi connectivity index (χ0n) is 11.2. The first kappa shape index (κ1) is 15.0. The van der Waals surface area contributed by atoms with Crippen molar-refractivity contribution >= 4 is 38.9 Å². The van der Waals surface area contributed by atoms with Gasteiger partial charge in [0.25, 0.3) is 0 Å². The summed E-state index contributed by atoms with van der Waals surface area (Å²) in [5, 5.41) is 6.33. The number of thiazole rings is 1. The lowest BCUT2D eigenvalue weighted by molar-refractivity contribution is 0.0526. The summed E-state index contributed by atoms with van der Waals surface area (Å²) in [4.78, 5) is 15.9. The van der Waals surface area contributed by atoms with E-state index >= 15 is 0 Å². The minimum Gasteiger partial charge on any atom is -0.462 e. The normalized spacial score (nSPS) is 11.9. The molecule has 6 heteroatoms. The van der Waals surface area contributed by atoms with Crippen molar-refractivity contribution in [1.29, 1.82) is 0 Å². The molecule has 0 fully saturated rings. The van der Waals surface area contributed by atoms with Crippen molar-refractivity contribution in [3.05, 3.63) is 44.8 Å². The van der Waals surface area contributed by atoms with Crippen molar-refractivity contribution in [1.82, 2.24) is 4.98 Å². The maximum atomic E-state index is 11.6. The van der Waals surface area contributed by atoms with Crippen molar-refractivity contribution in [3.8, 4) is 0 Å². The maximum Gasteiger partial charge on any atom is 0.338 e. The second-order valence-corrected chi connectivity index (χ2v) is 5.93. The Morgan fingerprint density at radius 2 is 2.35 bits per heavy atom. The van der Waals surface area contributed by atoms with E-state index in [4.69, 9.17) is 4.74 Å². The number of ether oxygens (including phenoxy) is 1. The number of nitrogens with one attached hydrogen (secondary N) is 1. The largest absolute Gasteiger partial charge is 0.462 e. The van der Waals surface area contributed by atoms with Crippen LogP contribution in [-0.2, 0) is 4.74 Å². The Hall–Kier alpha value is -1.40. The zero-order chi connectivity index (χ0) is 14.5. The van der Waals surface area contributed by atoms with Gasteiger partial charge in [-0.15, -0.1) is 11.3 Å². The van der Waals surface area contributed by atoms with Gasteiger partial charge < -0.3 is 10.1 Å². The van der Waals surface area contributed by atoms with Crippen molar-refractivity contribution < 1.29 is 9.53 Å². The molecule has 106 valence electrons. The highest BCUT2D eigenvalue weighted by atomic mass is 79.9.